The van der Waals surface area contributed by atoms with Crippen molar-refractivity contribution in [1.29, 1.82) is 0 Å². The molecule has 0 unspecified atom stereocenters. The Morgan fingerprint density at radius 2 is 2.12 bits per heavy atom. The van der Waals surface area contributed by atoms with E-state index in [1.54, 1.807) is 6.07 Å². The zero-order chi connectivity index (χ0) is 12.4. The summed E-state index contributed by atoms with van der Waals surface area (Å²) in [5, 5.41) is 8.09. The minimum Gasteiger partial charge on any atom is -0.398 e. The lowest BCUT2D eigenvalue weighted by Gasteiger charge is -2.09. The fraction of sp³-hybridized carbons (Fsp3) is 0.333. The molecular formula is C12H15FN4. The SMILES string of the molecule is CCCn1c(C)nnc1-c1cc(F)ccc1N. The molecule has 17 heavy (non-hydrogen) atoms. The van der Waals surface area contributed by atoms with Crippen molar-refractivity contribution in [2.24, 2.45) is 0 Å². The number of nitrogen functional groups attached to an aromatic ring is 1. The van der Waals surface area contributed by atoms with Crippen molar-refractivity contribution in [3.63, 3.8) is 0 Å². The van der Waals surface area contributed by atoms with Crippen LogP contribution < -0.4 is 5.73 Å². The second-order valence-electron chi connectivity index (χ2n) is 3.95. The van der Waals surface area contributed by atoms with Gasteiger partial charge in [0.25, 0.3) is 0 Å². The Hall–Kier alpha value is -1.91. The van der Waals surface area contributed by atoms with Crippen molar-refractivity contribution < 1.29 is 4.39 Å². The Bertz CT molecular complexity index is 533. The first-order valence-corrected chi connectivity index (χ1v) is 5.58. The number of hydrogen-bond acceptors (Lipinski definition) is 3. The summed E-state index contributed by atoms with van der Waals surface area (Å²) in [5.74, 6) is 1.12. The molecule has 0 aliphatic carbocycles. The van der Waals surface area contributed by atoms with Gasteiger partial charge in [0, 0.05) is 17.8 Å². The number of hydrogen-bond donors (Lipinski definition) is 1. The van der Waals surface area contributed by atoms with E-state index in [4.69, 9.17) is 5.73 Å². The summed E-state index contributed by atoms with van der Waals surface area (Å²) in [5.41, 5.74) is 6.95. The first kappa shape index (κ1) is 11.6. The monoisotopic (exact) mass is 234 g/mol. The molecule has 0 saturated carbocycles. The third-order valence-electron chi connectivity index (χ3n) is 2.64. The summed E-state index contributed by atoms with van der Waals surface area (Å²) in [7, 11) is 0. The van der Waals surface area contributed by atoms with Crippen LogP contribution in [0.2, 0.25) is 0 Å². The summed E-state index contributed by atoms with van der Waals surface area (Å²) >= 11 is 0. The molecule has 2 aromatic rings. The lowest BCUT2D eigenvalue weighted by molar-refractivity contribution is 0.627. The van der Waals surface area contributed by atoms with Gasteiger partial charge in [-0.2, -0.15) is 0 Å². The molecule has 0 fully saturated rings. The summed E-state index contributed by atoms with van der Waals surface area (Å²) in [4.78, 5) is 0. The molecule has 0 spiro atoms. The molecule has 4 nitrogen and oxygen atoms in total. The minimum atomic E-state index is -0.321. The van der Waals surface area contributed by atoms with Crippen molar-refractivity contribution in [1.82, 2.24) is 14.8 Å². The number of rotatable bonds is 3. The summed E-state index contributed by atoms with van der Waals surface area (Å²) in [6.07, 6.45) is 0.959. The van der Waals surface area contributed by atoms with Crippen LogP contribution in [0.4, 0.5) is 10.1 Å². The van der Waals surface area contributed by atoms with Gasteiger partial charge in [0.1, 0.15) is 11.6 Å². The smallest absolute Gasteiger partial charge is 0.166 e. The Kier molecular flexibility index (Phi) is 3.08. The third-order valence-corrected chi connectivity index (χ3v) is 2.64. The van der Waals surface area contributed by atoms with Gasteiger partial charge in [-0.3, -0.25) is 0 Å². The second-order valence-corrected chi connectivity index (χ2v) is 3.95. The fourth-order valence-electron chi connectivity index (χ4n) is 1.79. The molecule has 5 heteroatoms. The molecule has 2 rings (SSSR count). The molecule has 1 heterocycles. The van der Waals surface area contributed by atoms with E-state index in [1.165, 1.54) is 12.1 Å². The van der Waals surface area contributed by atoms with E-state index in [0.717, 1.165) is 18.8 Å². The molecule has 0 bridgehead atoms. The molecular weight excluding hydrogens is 219 g/mol. The molecule has 0 amide bonds. The van der Waals surface area contributed by atoms with Crippen molar-refractivity contribution in [2.45, 2.75) is 26.8 Å². The molecule has 1 aromatic heterocycles. The van der Waals surface area contributed by atoms with Gasteiger partial charge in [0.05, 0.1) is 0 Å². The Balaban J connectivity index is 2.56. The van der Waals surface area contributed by atoms with Crippen LogP contribution in [0.15, 0.2) is 18.2 Å². The zero-order valence-electron chi connectivity index (χ0n) is 9.94. The lowest BCUT2D eigenvalue weighted by Crippen LogP contribution is -2.03. The molecule has 0 saturated heterocycles. The van der Waals surface area contributed by atoms with Crippen LogP contribution in [-0.4, -0.2) is 14.8 Å². The molecule has 2 N–H and O–H groups in total. The van der Waals surface area contributed by atoms with Gasteiger partial charge in [-0.25, -0.2) is 4.39 Å². The summed E-state index contributed by atoms with van der Waals surface area (Å²) in [6, 6.07) is 4.28. The van der Waals surface area contributed by atoms with Crippen molar-refractivity contribution in [3.05, 3.63) is 29.8 Å². The summed E-state index contributed by atoms with van der Waals surface area (Å²) < 4.78 is 15.2. The van der Waals surface area contributed by atoms with Crippen LogP contribution in [0.1, 0.15) is 19.2 Å². The number of anilines is 1. The van der Waals surface area contributed by atoms with Crippen LogP contribution in [0.3, 0.4) is 0 Å². The summed E-state index contributed by atoms with van der Waals surface area (Å²) in [6.45, 7) is 4.74. The molecule has 0 radical (unpaired) electrons. The molecule has 0 aliphatic rings. The number of benzene rings is 1. The van der Waals surface area contributed by atoms with Crippen LogP contribution >= 0.6 is 0 Å². The number of aryl methyl sites for hydroxylation is 1. The number of halogens is 1. The van der Waals surface area contributed by atoms with Crippen LogP contribution in [0, 0.1) is 12.7 Å². The molecule has 1 aromatic carbocycles. The van der Waals surface area contributed by atoms with Gasteiger partial charge in [-0.15, -0.1) is 10.2 Å². The van der Waals surface area contributed by atoms with E-state index in [2.05, 4.69) is 17.1 Å². The second kappa shape index (κ2) is 4.53. The number of nitrogens with zero attached hydrogens (tertiary/aromatic N) is 3. The van der Waals surface area contributed by atoms with E-state index >= 15 is 0 Å². The quantitative estimate of drug-likeness (QED) is 0.829. The molecule has 0 atom stereocenters. The maximum absolute atomic E-state index is 13.2. The van der Waals surface area contributed by atoms with E-state index < -0.39 is 0 Å². The Morgan fingerprint density at radius 3 is 2.82 bits per heavy atom. The fourth-order valence-corrected chi connectivity index (χ4v) is 1.79. The highest BCUT2D eigenvalue weighted by molar-refractivity contribution is 5.71. The highest BCUT2D eigenvalue weighted by atomic mass is 19.1. The minimum absolute atomic E-state index is 0.321. The van der Waals surface area contributed by atoms with Gasteiger partial charge in [0.2, 0.25) is 0 Å². The maximum atomic E-state index is 13.2. The van der Waals surface area contributed by atoms with Gasteiger partial charge in [-0.1, -0.05) is 6.92 Å². The largest absolute Gasteiger partial charge is 0.398 e. The van der Waals surface area contributed by atoms with E-state index in [0.29, 0.717) is 17.1 Å². The van der Waals surface area contributed by atoms with Crippen LogP contribution in [0.25, 0.3) is 11.4 Å². The Labute approximate surface area is 99.3 Å². The normalized spacial score (nSPS) is 10.8. The zero-order valence-corrected chi connectivity index (χ0v) is 9.94. The van der Waals surface area contributed by atoms with Crippen molar-refractivity contribution in [3.8, 4) is 11.4 Å². The average Bonchev–Trinajstić information content (AvgIpc) is 2.65. The van der Waals surface area contributed by atoms with E-state index in [1.807, 2.05) is 11.5 Å². The molecule has 0 aliphatic heterocycles. The third kappa shape index (κ3) is 2.13. The highest BCUT2D eigenvalue weighted by Gasteiger charge is 2.13. The standard InChI is InChI=1S/C12H15FN4/c1-3-6-17-8(2)15-16-12(17)10-7-9(13)4-5-11(10)14/h4-5,7H,3,6,14H2,1-2H3. The van der Waals surface area contributed by atoms with E-state index in [9.17, 15) is 4.39 Å². The Morgan fingerprint density at radius 1 is 1.35 bits per heavy atom. The average molecular weight is 234 g/mol. The predicted octanol–water partition coefficient (Wildman–Crippen LogP) is 2.38. The van der Waals surface area contributed by atoms with Crippen molar-refractivity contribution >= 4 is 5.69 Å². The topological polar surface area (TPSA) is 56.7 Å². The number of nitrogens with two attached hydrogens (primary N) is 1. The predicted molar refractivity (Wildman–Crippen MR) is 64.9 cm³/mol. The van der Waals surface area contributed by atoms with Gasteiger partial charge in [0.15, 0.2) is 5.82 Å². The van der Waals surface area contributed by atoms with E-state index in [-0.39, 0.29) is 5.82 Å². The molecule has 90 valence electrons. The maximum Gasteiger partial charge on any atom is 0.166 e. The van der Waals surface area contributed by atoms with Gasteiger partial charge >= 0.3 is 0 Å². The van der Waals surface area contributed by atoms with Gasteiger partial charge < -0.3 is 10.3 Å². The number of aromatic nitrogens is 3. The van der Waals surface area contributed by atoms with Crippen molar-refractivity contribution in [2.75, 3.05) is 5.73 Å². The van der Waals surface area contributed by atoms with Gasteiger partial charge in [-0.05, 0) is 31.5 Å². The first-order chi connectivity index (χ1) is 8.13. The lowest BCUT2D eigenvalue weighted by atomic mass is 10.1. The first-order valence-electron chi connectivity index (χ1n) is 5.58. The van der Waals surface area contributed by atoms with Crippen LogP contribution in [-0.2, 0) is 6.54 Å². The van der Waals surface area contributed by atoms with Crippen LogP contribution in [0.5, 0.6) is 0 Å². The highest BCUT2D eigenvalue weighted by Crippen LogP contribution is 2.25.